The second-order valence-corrected chi connectivity index (χ2v) is 4.83. The first-order valence-electron chi connectivity index (χ1n) is 5.95. The van der Waals surface area contributed by atoms with Crippen LogP contribution < -0.4 is 0 Å². The van der Waals surface area contributed by atoms with E-state index in [9.17, 15) is 9.59 Å². The van der Waals surface area contributed by atoms with Gasteiger partial charge in [0.05, 0.1) is 11.2 Å². The number of nitrogens with zero attached hydrogens (tertiary/aromatic N) is 1. The summed E-state index contributed by atoms with van der Waals surface area (Å²) in [6, 6.07) is 0. The Kier molecular flexibility index (Phi) is 7.33. The van der Waals surface area contributed by atoms with Gasteiger partial charge in [0, 0.05) is 19.5 Å². The van der Waals surface area contributed by atoms with E-state index in [-0.39, 0.29) is 19.1 Å². The molecule has 7 heteroatoms. The van der Waals surface area contributed by atoms with E-state index in [0.717, 1.165) is 30.5 Å². The molecule has 1 heterocycles. The van der Waals surface area contributed by atoms with Crippen molar-refractivity contribution in [3.8, 4) is 0 Å². The number of aliphatic carboxylic acids is 1. The fourth-order valence-corrected chi connectivity index (χ4v) is 2.38. The van der Waals surface area contributed by atoms with E-state index >= 15 is 0 Å². The van der Waals surface area contributed by atoms with Crippen molar-refractivity contribution in [2.75, 3.05) is 24.2 Å². The van der Waals surface area contributed by atoms with Crippen LogP contribution in [0.4, 0.5) is 4.79 Å². The van der Waals surface area contributed by atoms with Crippen LogP contribution in [0.15, 0.2) is 0 Å². The van der Waals surface area contributed by atoms with Gasteiger partial charge in [-0.1, -0.05) is 22.6 Å². The number of alkyl halides is 1. The molecular formula is C11H18INO5. The summed E-state index contributed by atoms with van der Waals surface area (Å²) < 4.78 is 11.0. The van der Waals surface area contributed by atoms with E-state index in [4.69, 9.17) is 14.6 Å². The highest BCUT2D eigenvalue weighted by Gasteiger charge is 2.22. The molecule has 0 bridgehead atoms. The second-order valence-electron chi connectivity index (χ2n) is 4.15. The summed E-state index contributed by atoms with van der Waals surface area (Å²) in [5.41, 5.74) is 0. The molecule has 1 rings (SSSR count). The number of carboxylic acid groups (broad SMARTS) is 1. The Balaban J connectivity index is 2.08. The SMILES string of the molecule is O=C(O)CCCOC(=O)OC1CCN(CI)CC1. The summed E-state index contributed by atoms with van der Waals surface area (Å²) in [5.74, 6) is -0.891. The maximum absolute atomic E-state index is 11.3. The van der Waals surface area contributed by atoms with Gasteiger partial charge in [-0.05, 0) is 19.3 Å². The predicted octanol–water partition coefficient (Wildman–Crippen LogP) is 1.86. The first-order valence-corrected chi connectivity index (χ1v) is 7.48. The van der Waals surface area contributed by atoms with Gasteiger partial charge in [-0.3, -0.25) is 9.69 Å². The van der Waals surface area contributed by atoms with Crippen molar-refractivity contribution in [3.63, 3.8) is 0 Å². The Morgan fingerprint density at radius 2 is 2.00 bits per heavy atom. The van der Waals surface area contributed by atoms with E-state index in [1.807, 2.05) is 0 Å². The number of hydrogen-bond acceptors (Lipinski definition) is 5. The number of carbonyl (C=O) groups is 2. The van der Waals surface area contributed by atoms with Gasteiger partial charge in [0.25, 0.3) is 0 Å². The van der Waals surface area contributed by atoms with Gasteiger partial charge in [-0.25, -0.2) is 4.79 Å². The molecule has 1 N–H and O–H groups in total. The van der Waals surface area contributed by atoms with Crippen molar-refractivity contribution >= 4 is 34.7 Å². The van der Waals surface area contributed by atoms with Crippen LogP contribution >= 0.6 is 22.6 Å². The molecule has 1 fully saturated rings. The zero-order chi connectivity index (χ0) is 13.4. The van der Waals surface area contributed by atoms with Gasteiger partial charge in [0.15, 0.2) is 0 Å². The van der Waals surface area contributed by atoms with E-state index in [1.54, 1.807) is 0 Å². The molecule has 0 spiro atoms. The van der Waals surface area contributed by atoms with Crippen LogP contribution in [0.2, 0.25) is 0 Å². The Bertz CT molecular complexity index is 279. The van der Waals surface area contributed by atoms with Crippen molar-refractivity contribution in [1.82, 2.24) is 4.90 Å². The van der Waals surface area contributed by atoms with Crippen molar-refractivity contribution < 1.29 is 24.2 Å². The molecule has 0 unspecified atom stereocenters. The smallest absolute Gasteiger partial charge is 0.481 e. The van der Waals surface area contributed by atoms with Gasteiger partial charge in [0.2, 0.25) is 0 Å². The molecule has 18 heavy (non-hydrogen) atoms. The Morgan fingerprint density at radius 3 is 2.56 bits per heavy atom. The van der Waals surface area contributed by atoms with E-state index in [1.165, 1.54) is 0 Å². The fourth-order valence-electron chi connectivity index (χ4n) is 1.70. The topological polar surface area (TPSA) is 76.1 Å². The Morgan fingerprint density at radius 1 is 1.33 bits per heavy atom. The average molecular weight is 371 g/mol. The minimum Gasteiger partial charge on any atom is -0.481 e. The summed E-state index contributed by atoms with van der Waals surface area (Å²) in [4.78, 5) is 23.8. The van der Waals surface area contributed by atoms with Crippen molar-refractivity contribution in [2.24, 2.45) is 0 Å². The summed E-state index contributed by atoms with van der Waals surface area (Å²) >= 11 is 2.31. The largest absolute Gasteiger partial charge is 0.508 e. The molecule has 0 saturated carbocycles. The molecular weight excluding hydrogens is 353 g/mol. The fraction of sp³-hybridized carbons (Fsp3) is 0.818. The lowest BCUT2D eigenvalue weighted by molar-refractivity contribution is -0.137. The molecule has 0 aromatic heterocycles. The molecule has 6 nitrogen and oxygen atoms in total. The molecule has 0 aromatic carbocycles. The minimum atomic E-state index is -0.891. The number of likely N-dealkylation sites (tertiary alicyclic amines) is 1. The summed E-state index contributed by atoms with van der Waals surface area (Å²) in [6.07, 6.45) is 1.21. The van der Waals surface area contributed by atoms with Gasteiger partial charge >= 0.3 is 12.1 Å². The number of halogens is 1. The highest BCUT2D eigenvalue weighted by Crippen LogP contribution is 2.15. The summed E-state index contributed by atoms with van der Waals surface area (Å²) in [7, 11) is 0. The van der Waals surface area contributed by atoms with Crippen LogP contribution in [-0.2, 0) is 14.3 Å². The van der Waals surface area contributed by atoms with Crippen LogP contribution in [-0.4, -0.2) is 52.5 Å². The van der Waals surface area contributed by atoms with Crippen molar-refractivity contribution in [1.29, 1.82) is 0 Å². The zero-order valence-corrected chi connectivity index (χ0v) is 12.3. The predicted molar refractivity (Wildman–Crippen MR) is 72.8 cm³/mol. The molecule has 0 aromatic rings. The number of rotatable bonds is 6. The van der Waals surface area contributed by atoms with Crippen LogP contribution in [0.5, 0.6) is 0 Å². The Hall–Kier alpha value is -0.570. The third kappa shape index (κ3) is 6.39. The van der Waals surface area contributed by atoms with E-state index in [0.29, 0.717) is 6.42 Å². The molecule has 0 radical (unpaired) electrons. The Labute approximate surface area is 120 Å². The molecule has 104 valence electrons. The lowest BCUT2D eigenvalue weighted by Crippen LogP contribution is -2.37. The van der Waals surface area contributed by atoms with Gasteiger partial charge in [0.1, 0.15) is 6.10 Å². The lowest BCUT2D eigenvalue weighted by atomic mass is 10.1. The highest BCUT2D eigenvalue weighted by atomic mass is 127. The number of carboxylic acids is 1. The minimum absolute atomic E-state index is 0.00132. The lowest BCUT2D eigenvalue weighted by Gasteiger charge is -2.29. The molecule has 1 aliphatic heterocycles. The normalized spacial score (nSPS) is 17.4. The maximum Gasteiger partial charge on any atom is 0.508 e. The first-order chi connectivity index (χ1) is 8.61. The molecule has 1 saturated heterocycles. The number of hydrogen-bond donors (Lipinski definition) is 1. The maximum atomic E-state index is 11.3. The highest BCUT2D eigenvalue weighted by molar-refractivity contribution is 14.1. The number of carbonyl (C=O) groups excluding carboxylic acids is 1. The third-order valence-corrected chi connectivity index (χ3v) is 3.69. The zero-order valence-electron chi connectivity index (χ0n) is 10.1. The first kappa shape index (κ1) is 15.5. The van der Waals surface area contributed by atoms with Crippen molar-refractivity contribution in [2.45, 2.75) is 31.8 Å². The van der Waals surface area contributed by atoms with Crippen LogP contribution in [0.3, 0.4) is 0 Å². The van der Waals surface area contributed by atoms with Crippen LogP contribution in [0, 0.1) is 0 Å². The third-order valence-electron chi connectivity index (χ3n) is 2.72. The summed E-state index contributed by atoms with van der Waals surface area (Å²) in [5, 5.41) is 8.41. The standard InChI is InChI=1S/C11H18INO5/c12-8-13-5-3-9(4-6-13)18-11(16)17-7-1-2-10(14)15/h9H,1-8H2,(H,14,15). The monoisotopic (exact) mass is 371 g/mol. The average Bonchev–Trinajstić information content (AvgIpc) is 2.35. The van der Waals surface area contributed by atoms with E-state index in [2.05, 4.69) is 27.5 Å². The second kappa shape index (κ2) is 8.52. The number of piperidine rings is 1. The molecule has 0 amide bonds. The quantitative estimate of drug-likeness (QED) is 0.253. The van der Waals surface area contributed by atoms with Crippen LogP contribution in [0.25, 0.3) is 0 Å². The van der Waals surface area contributed by atoms with Crippen LogP contribution in [0.1, 0.15) is 25.7 Å². The number of ether oxygens (including phenoxy) is 2. The molecule has 0 aliphatic carbocycles. The van der Waals surface area contributed by atoms with Gasteiger partial charge < -0.3 is 14.6 Å². The van der Waals surface area contributed by atoms with Gasteiger partial charge in [-0.15, -0.1) is 0 Å². The molecule has 1 aliphatic rings. The molecule has 0 atom stereocenters. The van der Waals surface area contributed by atoms with Crippen molar-refractivity contribution in [3.05, 3.63) is 0 Å². The summed E-state index contributed by atoms with van der Waals surface area (Å²) in [6.45, 7) is 1.96. The van der Waals surface area contributed by atoms with E-state index < -0.39 is 12.1 Å². The van der Waals surface area contributed by atoms with Gasteiger partial charge in [-0.2, -0.15) is 0 Å².